The van der Waals surface area contributed by atoms with Crippen LogP contribution in [0, 0.1) is 0 Å². The number of methoxy groups -OCH3 is 1. The van der Waals surface area contributed by atoms with Crippen LogP contribution < -0.4 is 4.74 Å². The molecule has 0 bridgehead atoms. The monoisotopic (exact) mass is 348 g/mol. The highest BCUT2D eigenvalue weighted by atomic mass is 16.5. The third-order valence-electron chi connectivity index (χ3n) is 5.35. The summed E-state index contributed by atoms with van der Waals surface area (Å²) in [5.74, 6) is 1.02. The lowest BCUT2D eigenvalue weighted by molar-refractivity contribution is 0.395. The van der Waals surface area contributed by atoms with Gasteiger partial charge in [0.2, 0.25) is 0 Å². The van der Waals surface area contributed by atoms with E-state index in [2.05, 4.69) is 84.0 Å². The molecule has 0 aromatic heterocycles. The van der Waals surface area contributed by atoms with Crippen molar-refractivity contribution in [3.63, 3.8) is 0 Å². The van der Waals surface area contributed by atoms with Gasteiger partial charge in [-0.1, -0.05) is 71.9 Å². The number of rotatable bonds is 2. The predicted octanol–water partition coefficient (Wildman–Crippen LogP) is 6.78. The third-order valence-corrected chi connectivity index (χ3v) is 5.35. The SMILES string of the molecule is COc1c(/C=C2\CCc3ccccc32)cc(C(C)(C)C)cc1C(C)(C)C. The fraction of sp³-hybridized carbons (Fsp3) is 0.440. The van der Waals surface area contributed by atoms with E-state index in [1.54, 1.807) is 7.11 Å². The van der Waals surface area contributed by atoms with Crippen molar-refractivity contribution in [2.75, 3.05) is 7.11 Å². The van der Waals surface area contributed by atoms with Gasteiger partial charge in [0, 0.05) is 11.1 Å². The predicted molar refractivity (Wildman–Crippen MR) is 113 cm³/mol. The van der Waals surface area contributed by atoms with E-state index in [4.69, 9.17) is 4.74 Å². The highest BCUT2D eigenvalue weighted by Crippen LogP contribution is 2.41. The molecule has 2 aromatic rings. The summed E-state index contributed by atoms with van der Waals surface area (Å²) in [7, 11) is 1.80. The van der Waals surface area contributed by atoms with Crippen LogP contribution in [0.1, 0.15) is 75.8 Å². The van der Waals surface area contributed by atoms with E-state index in [1.807, 2.05) is 0 Å². The molecular weight excluding hydrogens is 316 g/mol. The standard InChI is InChI=1S/C25H32O/c1-24(2,3)20-15-19(23(26-7)22(16-20)25(4,5)6)14-18-13-12-17-10-8-9-11-21(17)18/h8-11,14-16H,12-13H2,1-7H3/b18-14+. The van der Waals surface area contributed by atoms with E-state index < -0.39 is 0 Å². The molecule has 1 nitrogen and oxygen atoms in total. The van der Waals surface area contributed by atoms with Crippen LogP contribution in [0.4, 0.5) is 0 Å². The van der Waals surface area contributed by atoms with Gasteiger partial charge >= 0.3 is 0 Å². The van der Waals surface area contributed by atoms with Crippen LogP contribution in [0.3, 0.4) is 0 Å². The summed E-state index contributed by atoms with van der Waals surface area (Å²) in [5.41, 5.74) is 8.27. The van der Waals surface area contributed by atoms with Crippen LogP contribution >= 0.6 is 0 Å². The molecule has 26 heavy (non-hydrogen) atoms. The fourth-order valence-electron chi connectivity index (χ4n) is 3.77. The molecule has 1 aliphatic carbocycles. The van der Waals surface area contributed by atoms with E-state index in [1.165, 1.54) is 33.4 Å². The van der Waals surface area contributed by atoms with Gasteiger partial charge < -0.3 is 4.74 Å². The van der Waals surface area contributed by atoms with E-state index in [0.29, 0.717) is 0 Å². The topological polar surface area (TPSA) is 9.23 Å². The Bertz CT molecular complexity index is 841. The number of fused-ring (bicyclic) bond motifs is 1. The maximum absolute atomic E-state index is 5.92. The van der Waals surface area contributed by atoms with Gasteiger partial charge in [-0.3, -0.25) is 0 Å². The molecule has 0 N–H and O–H groups in total. The lowest BCUT2D eigenvalue weighted by atomic mass is 9.78. The smallest absolute Gasteiger partial charge is 0.129 e. The van der Waals surface area contributed by atoms with Gasteiger partial charge in [-0.15, -0.1) is 0 Å². The Hall–Kier alpha value is -2.02. The van der Waals surface area contributed by atoms with Crippen LogP contribution in [0.5, 0.6) is 5.75 Å². The number of aryl methyl sites for hydroxylation is 1. The first-order valence-electron chi connectivity index (χ1n) is 9.63. The molecule has 0 spiro atoms. The Labute approximate surface area is 159 Å². The molecule has 0 saturated heterocycles. The van der Waals surface area contributed by atoms with Crippen LogP contribution in [0.15, 0.2) is 36.4 Å². The minimum Gasteiger partial charge on any atom is -0.496 e. The first-order valence-corrected chi connectivity index (χ1v) is 9.63. The number of hydrogen-bond donors (Lipinski definition) is 0. The summed E-state index contributed by atoms with van der Waals surface area (Å²) in [4.78, 5) is 0. The Balaban J connectivity index is 2.22. The number of hydrogen-bond acceptors (Lipinski definition) is 1. The summed E-state index contributed by atoms with van der Waals surface area (Å²) in [6, 6.07) is 13.4. The Kier molecular flexibility index (Phi) is 4.77. The van der Waals surface area contributed by atoms with Crippen molar-refractivity contribution in [2.45, 2.75) is 65.2 Å². The normalized spacial score (nSPS) is 16.0. The molecule has 0 fully saturated rings. The first kappa shape index (κ1) is 18.8. The molecule has 0 aliphatic heterocycles. The lowest BCUT2D eigenvalue weighted by Crippen LogP contribution is -2.18. The fourth-order valence-corrected chi connectivity index (χ4v) is 3.77. The molecule has 0 heterocycles. The van der Waals surface area contributed by atoms with E-state index in [9.17, 15) is 0 Å². The molecule has 1 aliphatic rings. The van der Waals surface area contributed by atoms with Crippen LogP contribution in [0.25, 0.3) is 11.6 Å². The molecule has 0 atom stereocenters. The summed E-state index contributed by atoms with van der Waals surface area (Å²) in [5, 5.41) is 0. The molecule has 0 saturated carbocycles. The Morgan fingerprint density at radius 1 is 0.885 bits per heavy atom. The highest BCUT2D eigenvalue weighted by molar-refractivity contribution is 5.87. The molecule has 3 rings (SSSR count). The van der Waals surface area contributed by atoms with Crippen molar-refractivity contribution < 1.29 is 4.74 Å². The molecule has 2 aromatic carbocycles. The van der Waals surface area contributed by atoms with Crippen molar-refractivity contribution in [1.29, 1.82) is 0 Å². The number of allylic oxidation sites excluding steroid dienone is 1. The average Bonchev–Trinajstić information content (AvgIpc) is 2.95. The molecule has 0 amide bonds. The van der Waals surface area contributed by atoms with Gasteiger partial charge in [-0.2, -0.15) is 0 Å². The highest BCUT2D eigenvalue weighted by Gasteiger charge is 2.26. The second kappa shape index (κ2) is 6.61. The van der Waals surface area contributed by atoms with E-state index in [-0.39, 0.29) is 10.8 Å². The Morgan fingerprint density at radius 2 is 1.58 bits per heavy atom. The van der Waals surface area contributed by atoms with Crippen LogP contribution in [-0.4, -0.2) is 7.11 Å². The summed E-state index contributed by atoms with van der Waals surface area (Å²) in [6.07, 6.45) is 4.59. The zero-order valence-electron chi connectivity index (χ0n) is 17.4. The maximum atomic E-state index is 5.92. The number of ether oxygens (including phenoxy) is 1. The van der Waals surface area contributed by atoms with E-state index >= 15 is 0 Å². The van der Waals surface area contributed by atoms with Crippen molar-refractivity contribution >= 4 is 11.6 Å². The average molecular weight is 349 g/mol. The first-order chi connectivity index (χ1) is 12.1. The van der Waals surface area contributed by atoms with Crippen molar-refractivity contribution in [1.82, 2.24) is 0 Å². The lowest BCUT2D eigenvalue weighted by Gasteiger charge is -2.28. The van der Waals surface area contributed by atoms with Gasteiger partial charge in [-0.25, -0.2) is 0 Å². The second-order valence-corrected chi connectivity index (χ2v) is 9.47. The molecule has 0 unspecified atom stereocenters. The summed E-state index contributed by atoms with van der Waals surface area (Å²) < 4.78 is 5.92. The minimum absolute atomic E-state index is 0.0352. The molecule has 138 valence electrons. The molecule has 0 radical (unpaired) electrons. The van der Waals surface area contributed by atoms with Crippen molar-refractivity contribution in [3.05, 3.63) is 64.2 Å². The van der Waals surface area contributed by atoms with Gasteiger partial charge in [-0.05, 0) is 58.1 Å². The minimum atomic E-state index is 0.0352. The zero-order chi connectivity index (χ0) is 19.1. The summed E-state index contributed by atoms with van der Waals surface area (Å²) >= 11 is 0. The number of benzene rings is 2. The second-order valence-electron chi connectivity index (χ2n) is 9.47. The van der Waals surface area contributed by atoms with Gasteiger partial charge in [0.1, 0.15) is 5.75 Å². The quantitative estimate of drug-likeness (QED) is 0.581. The van der Waals surface area contributed by atoms with Crippen molar-refractivity contribution in [2.24, 2.45) is 0 Å². The summed E-state index contributed by atoms with van der Waals surface area (Å²) in [6.45, 7) is 13.6. The van der Waals surface area contributed by atoms with Crippen LogP contribution in [0.2, 0.25) is 0 Å². The zero-order valence-corrected chi connectivity index (χ0v) is 17.4. The maximum Gasteiger partial charge on any atom is 0.129 e. The largest absolute Gasteiger partial charge is 0.496 e. The van der Waals surface area contributed by atoms with Gasteiger partial charge in [0.15, 0.2) is 0 Å². The van der Waals surface area contributed by atoms with Crippen molar-refractivity contribution in [3.8, 4) is 5.75 Å². The molecular formula is C25H32O. The van der Waals surface area contributed by atoms with Gasteiger partial charge in [0.05, 0.1) is 7.11 Å². The van der Waals surface area contributed by atoms with E-state index in [0.717, 1.165) is 18.6 Å². The molecule has 1 heteroatoms. The van der Waals surface area contributed by atoms with Gasteiger partial charge in [0.25, 0.3) is 0 Å². The van der Waals surface area contributed by atoms with Crippen LogP contribution in [-0.2, 0) is 17.3 Å². The Morgan fingerprint density at radius 3 is 2.19 bits per heavy atom. The third kappa shape index (κ3) is 3.58.